The molecule has 2 atom stereocenters. The second-order valence-corrected chi connectivity index (χ2v) is 12.7. The summed E-state index contributed by atoms with van der Waals surface area (Å²) < 4.78 is 11.7. The van der Waals surface area contributed by atoms with Crippen molar-refractivity contribution in [3.63, 3.8) is 0 Å². The van der Waals surface area contributed by atoms with E-state index in [1.165, 1.54) is 13.8 Å². The molecule has 0 aliphatic rings. The molecule has 13 heteroatoms. The predicted octanol–water partition coefficient (Wildman–Crippen LogP) is 5.12. The SMILES string of the molecule is CCN(CC)C(=O)Nc1ccc(OCC(O)CN(CC(O)COc2ccc(NC(=O)N(CC)CC)cc2C(C)=O)C(C)(C)C)c(C(C)=O)c1. The Kier molecular flexibility index (Phi) is 16.0. The number of amides is 4. The zero-order valence-electron chi connectivity index (χ0n) is 30.5. The number of urea groups is 2. The van der Waals surface area contributed by atoms with E-state index in [4.69, 9.17) is 9.47 Å². The number of hydrogen-bond acceptors (Lipinski definition) is 9. The standard InChI is InChI=1S/C36H55N5O8/c1-10-39(11-2)34(46)37-26-14-16-32(30(18-26)24(5)42)48-22-28(44)20-41(36(7,8)9)21-29(45)23-49-33-17-15-27(19-31(33)25(6)43)38-35(47)40(12-3)13-4/h14-19,28-29,44-45H,10-13,20-23H2,1-9H3,(H,37,46)(H,38,47). The maximum absolute atomic E-state index is 12.5. The van der Waals surface area contributed by atoms with Gasteiger partial charge in [-0.25, -0.2) is 9.59 Å². The fourth-order valence-corrected chi connectivity index (χ4v) is 5.05. The lowest BCUT2D eigenvalue weighted by atomic mass is 10.0. The number of ether oxygens (including phenoxy) is 2. The fraction of sp³-hybridized carbons (Fsp3) is 0.556. The van der Waals surface area contributed by atoms with Crippen molar-refractivity contribution in [2.24, 2.45) is 0 Å². The Hall–Kier alpha value is -4.20. The highest BCUT2D eigenvalue weighted by atomic mass is 16.5. The number of ketones is 2. The van der Waals surface area contributed by atoms with E-state index in [9.17, 15) is 29.4 Å². The van der Waals surface area contributed by atoms with Crippen LogP contribution in [0.2, 0.25) is 0 Å². The number of rotatable bonds is 18. The zero-order valence-corrected chi connectivity index (χ0v) is 30.5. The first-order chi connectivity index (χ1) is 23.0. The number of carbonyl (C=O) groups excluding carboxylic acids is 4. The third kappa shape index (κ3) is 12.6. The van der Waals surface area contributed by atoms with E-state index in [2.05, 4.69) is 10.6 Å². The van der Waals surface area contributed by atoms with Gasteiger partial charge >= 0.3 is 12.1 Å². The zero-order chi connectivity index (χ0) is 36.9. The molecule has 49 heavy (non-hydrogen) atoms. The molecule has 13 nitrogen and oxygen atoms in total. The van der Waals surface area contributed by atoms with Crippen LogP contribution in [0.25, 0.3) is 0 Å². The van der Waals surface area contributed by atoms with E-state index in [0.717, 1.165) is 0 Å². The molecule has 0 radical (unpaired) electrons. The minimum Gasteiger partial charge on any atom is -0.490 e. The number of aliphatic hydroxyl groups excluding tert-OH is 2. The van der Waals surface area contributed by atoms with Crippen LogP contribution < -0.4 is 20.1 Å². The number of nitrogens with zero attached hydrogens (tertiary/aromatic N) is 3. The maximum Gasteiger partial charge on any atom is 0.321 e. The molecule has 2 unspecified atom stereocenters. The molecule has 0 saturated carbocycles. The van der Waals surface area contributed by atoms with Gasteiger partial charge in [-0.05, 0) is 98.7 Å². The summed E-state index contributed by atoms with van der Waals surface area (Å²) in [7, 11) is 0. The van der Waals surface area contributed by atoms with Crippen molar-refractivity contribution in [3.8, 4) is 11.5 Å². The van der Waals surface area contributed by atoms with Gasteiger partial charge in [0.1, 0.15) is 36.9 Å². The van der Waals surface area contributed by atoms with Crippen LogP contribution in [0.3, 0.4) is 0 Å². The van der Waals surface area contributed by atoms with Gasteiger partial charge in [-0.1, -0.05) is 0 Å². The molecule has 2 aromatic rings. The Morgan fingerprint density at radius 1 is 0.673 bits per heavy atom. The highest BCUT2D eigenvalue weighted by Crippen LogP contribution is 2.26. The molecule has 272 valence electrons. The first-order valence-corrected chi connectivity index (χ1v) is 16.8. The van der Waals surface area contributed by atoms with Crippen molar-refractivity contribution in [3.05, 3.63) is 47.5 Å². The molecule has 0 heterocycles. The minimum atomic E-state index is -0.974. The van der Waals surface area contributed by atoms with Gasteiger partial charge in [0.2, 0.25) is 0 Å². The molecule has 0 aromatic heterocycles. The topological polar surface area (TPSA) is 161 Å². The predicted molar refractivity (Wildman–Crippen MR) is 191 cm³/mol. The van der Waals surface area contributed by atoms with Crippen LogP contribution in [-0.4, -0.2) is 119 Å². The highest BCUT2D eigenvalue weighted by Gasteiger charge is 2.27. The van der Waals surface area contributed by atoms with E-state index in [1.807, 2.05) is 53.4 Å². The van der Waals surface area contributed by atoms with E-state index >= 15 is 0 Å². The molecule has 4 amide bonds. The number of aliphatic hydroxyl groups is 2. The van der Waals surface area contributed by atoms with Crippen molar-refractivity contribution in [2.75, 3.05) is 63.1 Å². The van der Waals surface area contributed by atoms with Crippen LogP contribution in [0, 0.1) is 0 Å². The summed E-state index contributed by atoms with van der Waals surface area (Å²) in [6.07, 6.45) is -1.95. The summed E-state index contributed by atoms with van der Waals surface area (Å²) >= 11 is 0. The monoisotopic (exact) mass is 685 g/mol. The van der Waals surface area contributed by atoms with Gasteiger partial charge in [0, 0.05) is 56.2 Å². The van der Waals surface area contributed by atoms with E-state index in [0.29, 0.717) is 37.6 Å². The molecule has 2 aromatic carbocycles. The summed E-state index contributed by atoms with van der Waals surface area (Å²) in [6.45, 7) is 18.4. The average molecular weight is 686 g/mol. The van der Waals surface area contributed by atoms with Gasteiger partial charge < -0.3 is 40.1 Å². The first kappa shape index (κ1) is 41.0. The Morgan fingerprint density at radius 2 is 1.02 bits per heavy atom. The highest BCUT2D eigenvalue weighted by molar-refractivity contribution is 6.00. The lowest BCUT2D eigenvalue weighted by Crippen LogP contribution is -2.50. The van der Waals surface area contributed by atoms with Gasteiger partial charge in [-0.3, -0.25) is 14.5 Å². The van der Waals surface area contributed by atoms with Gasteiger partial charge in [0.05, 0.1) is 11.1 Å². The first-order valence-electron chi connectivity index (χ1n) is 16.8. The quantitative estimate of drug-likeness (QED) is 0.156. The smallest absolute Gasteiger partial charge is 0.321 e. The Labute approximate surface area is 290 Å². The van der Waals surface area contributed by atoms with E-state index < -0.39 is 17.7 Å². The summed E-state index contributed by atoms with van der Waals surface area (Å²) in [6, 6.07) is 9.02. The number of benzene rings is 2. The maximum atomic E-state index is 12.5. The molecule has 0 bridgehead atoms. The number of Topliss-reactive ketones (excluding diaryl/α,β-unsaturated/α-hetero) is 2. The third-order valence-electron chi connectivity index (χ3n) is 7.99. The number of β-amino-alcohol motifs (C(OH)–C–C–N with tert-alkyl or cyclic N) is 2. The van der Waals surface area contributed by atoms with Gasteiger partial charge in [0.25, 0.3) is 0 Å². The van der Waals surface area contributed by atoms with Crippen molar-refractivity contribution >= 4 is 35.0 Å². The molecule has 0 saturated heterocycles. The van der Waals surface area contributed by atoms with Gasteiger partial charge in [-0.15, -0.1) is 0 Å². The van der Waals surface area contributed by atoms with Crippen molar-refractivity contribution in [1.82, 2.24) is 14.7 Å². The van der Waals surface area contributed by atoms with Crippen LogP contribution in [0.5, 0.6) is 11.5 Å². The van der Waals surface area contributed by atoms with Crippen LogP contribution in [0.15, 0.2) is 36.4 Å². The van der Waals surface area contributed by atoms with Crippen molar-refractivity contribution in [2.45, 2.75) is 80.1 Å². The van der Waals surface area contributed by atoms with Crippen LogP contribution in [0.4, 0.5) is 21.0 Å². The summed E-state index contributed by atoms with van der Waals surface area (Å²) in [5, 5.41) is 27.5. The number of carbonyl (C=O) groups is 4. The minimum absolute atomic E-state index is 0.121. The normalized spacial score (nSPS) is 12.6. The summed E-state index contributed by atoms with van der Waals surface area (Å²) in [4.78, 5) is 54.9. The molecule has 0 aliphatic carbocycles. The molecular weight excluding hydrogens is 630 g/mol. The molecule has 0 spiro atoms. The van der Waals surface area contributed by atoms with Gasteiger partial charge in [-0.2, -0.15) is 0 Å². The van der Waals surface area contributed by atoms with Crippen LogP contribution >= 0.6 is 0 Å². The largest absolute Gasteiger partial charge is 0.490 e. The Morgan fingerprint density at radius 3 is 1.31 bits per heavy atom. The summed E-state index contributed by atoms with van der Waals surface area (Å²) in [5.74, 6) is 0.0516. The molecule has 2 rings (SSSR count). The molecule has 4 N–H and O–H groups in total. The van der Waals surface area contributed by atoms with E-state index in [1.54, 1.807) is 46.2 Å². The lowest BCUT2D eigenvalue weighted by Gasteiger charge is -2.38. The second-order valence-electron chi connectivity index (χ2n) is 12.7. The number of nitrogens with one attached hydrogen (secondary N) is 2. The number of anilines is 2. The second kappa shape index (κ2) is 19.1. The molecular formula is C36H55N5O8. The van der Waals surface area contributed by atoms with Gasteiger partial charge in [0.15, 0.2) is 11.6 Å². The van der Waals surface area contributed by atoms with Crippen molar-refractivity contribution in [1.29, 1.82) is 0 Å². The fourth-order valence-electron chi connectivity index (χ4n) is 5.05. The number of hydrogen-bond donors (Lipinski definition) is 4. The molecule has 0 aliphatic heterocycles. The van der Waals surface area contributed by atoms with E-state index in [-0.39, 0.29) is 72.6 Å². The lowest BCUT2D eigenvalue weighted by molar-refractivity contribution is -0.00451. The Balaban J connectivity index is 2.05. The molecule has 0 fully saturated rings. The third-order valence-corrected chi connectivity index (χ3v) is 7.99. The van der Waals surface area contributed by atoms with Crippen LogP contribution in [-0.2, 0) is 0 Å². The summed E-state index contributed by atoms with van der Waals surface area (Å²) in [5.41, 5.74) is 1.01. The Bertz CT molecular complexity index is 1320. The van der Waals surface area contributed by atoms with Crippen molar-refractivity contribution < 1.29 is 38.9 Å². The van der Waals surface area contributed by atoms with Crippen LogP contribution in [0.1, 0.15) is 83.0 Å². The average Bonchev–Trinajstić information content (AvgIpc) is 3.03.